The molecule has 5 rings (SSSR count). The van der Waals surface area contributed by atoms with E-state index in [0.717, 1.165) is 17.7 Å². The van der Waals surface area contributed by atoms with Crippen molar-refractivity contribution in [2.24, 2.45) is 4.99 Å². The first-order chi connectivity index (χ1) is 25.7. The van der Waals surface area contributed by atoms with E-state index >= 15 is 0 Å². The fourth-order valence-corrected chi connectivity index (χ4v) is 8.72. The van der Waals surface area contributed by atoms with Crippen LogP contribution >= 0.6 is 80.9 Å². The van der Waals surface area contributed by atoms with E-state index in [4.69, 9.17) is 16.9 Å². The van der Waals surface area contributed by atoms with E-state index in [1.807, 2.05) is 80.5 Å². The molecule has 5 aromatic rings. The summed E-state index contributed by atoms with van der Waals surface area (Å²) in [5.74, 6) is -0.545. The molecule has 21 heteroatoms. The van der Waals surface area contributed by atoms with E-state index in [9.17, 15) is 19.2 Å². The zero-order chi connectivity index (χ0) is 41.2. The number of carbonyl (C=O) groups is 3. The number of carbonyl (C=O) groups excluding carboxylic acids is 3. The Hall–Kier alpha value is -3.58. The molecule has 0 aliphatic heterocycles. The fourth-order valence-electron chi connectivity index (χ4n) is 4.05. The number of hydrogen-bond acceptors (Lipinski definition) is 16. The van der Waals surface area contributed by atoms with Gasteiger partial charge < -0.3 is 20.5 Å². The molecule has 0 saturated carbocycles. The molecule has 2 amide bonds. The lowest BCUT2D eigenvalue weighted by molar-refractivity contribution is -0.121. The lowest BCUT2D eigenvalue weighted by atomic mass is 10.1. The van der Waals surface area contributed by atoms with Crippen LogP contribution in [0.15, 0.2) is 35.2 Å². The lowest BCUT2D eigenvalue weighted by Crippen LogP contribution is -2.42. The van der Waals surface area contributed by atoms with Crippen LogP contribution in [0.2, 0.25) is 5.02 Å². The first-order valence-corrected chi connectivity index (χ1v) is 22.6. The summed E-state index contributed by atoms with van der Waals surface area (Å²) < 4.78 is 3.74. The minimum Gasteiger partial charge on any atom is -0.369 e. The summed E-state index contributed by atoms with van der Waals surface area (Å²) in [5.41, 5.74) is 0.662. The Morgan fingerprint density at radius 1 is 0.946 bits per heavy atom. The van der Waals surface area contributed by atoms with E-state index in [2.05, 4.69) is 40.5 Å². The number of ketones is 1. The number of nitrogens with one attached hydrogen (secondary N) is 3. The molecule has 0 unspecified atom stereocenters. The maximum absolute atomic E-state index is 12.3. The number of hydrogen-bond donors (Lipinski definition) is 3. The number of thiazole rings is 3. The Morgan fingerprint density at radius 2 is 1.52 bits per heavy atom. The van der Waals surface area contributed by atoms with Crippen molar-refractivity contribution in [3.63, 3.8) is 0 Å². The average Bonchev–Trinajstić information content (AvgIpc) is 3.83. The average molecular weight is 898 g/mol. The molecule has 56 heavy (non-hydrogen) atoms. The van der Waals surface area contributed by atoms with Crippen molar-refractivity contribution in [1.29, 1.82) is 5.26 Å². The van der Waals surface area contributed by atoms with E-state index < -0.39 is 0 Å². The summed E-state index contributed by atoms with van der Waals surface area (Å²) in [5, 5.41) is 14.8. The number of halogens is 1. The molecular formula is C35H45ClN10O4S6. The summed E-state index contributed by atoms with van der Waals surface area (Å²) in [6, 6.07) is 1.99. The highest BCUT2D eigenvalue weighted by molar-refractivity contribution is 8.00. The van der Waals surface area contributed by atoms with Gasteiger partial charge in [-0.25, -0.2) is 24.9 Å². The number of aromatic nitrogens is 5. The number of aromatic amines is 1. The van der Waals surface area contributed by atoms with Crippen LogP contribution < -0.4 is 16.1 Å². The van der Waals surface area contributed by atoms with Crippen molar-refractivity contribution in [1.82, 2.24) is 40.5 Å². The minimum absolute atomic E-state index is 0. The van der Waals surface area contributed by atoms with Gasteiger partial charge in [-0.2, -0.15) is 5.26 Å². The summed E-state index contributed by atoms with van der Waals surface area (Å²) in [6.07, 6.45) is 10.00. The summed E-state index contributed by atoms with van der Waals surface area (Å²) in [7, 11) is 3.67. The number of pyridine rings is 2. The predicted octanol–water partition coefficient (Wildman–Crippen LogP) is 8.38. The maximum atomic E-state index is 12.3. The van der Waals surface area contributed by atoms with Gasteiger partial charge in [0.2, 0.25) is 11.3 Å². The molecular weight excluding hydrogens is 852 g/mol. The van der Waals surface area contributed by atoms with Gasteiger partial charge in [-0.1, -0.05) is 54.3 Å². The molecule has 0 radical (unpaired) electrons. The predicted molar refractivity (Wildman–Crippen MR) is 237 cm³/mol. The SMILES string of the molecule is C.CSc1nc(N=CN(C)C)c(C(=O)CC(=O)NC(C)(C)C)s1.CSc1nc2[nH]cc(C(=O)NC(C)(C)C)c(=O)c2s1.CSc1nc2ncc(C#N)c(Cl)c2s1. The third-order valence-electron chi connectivity index (χ3n) is 6.22. The quantitative estimate of drug-likeness (QED) is 0.0420. The molecule has 3 N–H and O–H groups in total. The maximum Gasteiger partial charge on any atom is 0.257 e. The van der Waals surface area contributed by atoms with Gasteiger partial charge in [0, 0.05) is 37.6 Å². The molecule has 0 bridgehead atoms. The second-order valence-electron chi connectivity index (χ2n) is 13.5. The van der Waals surface area contributed by atoms with Crippen molar-refractivity contribution in [3.8, 4) is 6.07 Å². The van der Waals surface area contributed by atoms with Gasteiger partial charge in [0.25, 0.3) is 5.91 Å². The van der Waals surface area contributed by atoms with Gasteiger partial charge in [0.15, 0.2) is 35.9 Å². The highest BCUT2D eigenvalue weighted by Crippen LogP contribution is 2.34. The first-order valence-electron chi connectivity index (χ1n) is 16.1. The molecule has 5 heterocycles. The number of H-pyrrole nitrogens is 1. The Balaban J connectivity index is 0.000000294. The zero-order valence-corrected chi connectivity index (χ0v) is 37.7. The van der Waals surface area contributed by atoms with E-state index in [0.29, 0.717) is 37.3 Å². The first kappa shape index (κ1) is 48.6. The molecule has 14 nitrogen and oxygen atoms in total. The van der Waals surface area contributed by atoms with Crippen LogP contribution in [0, 0.1) is 11.3 Å². The molecule has 0 spiro atoms. The summed E-state index contributed by atoms with van der Waals surface area (Å²) in [4.78, 5) is 74.7. The van der Waals surface area contributed by atoms with Gasteiger partial charge in [-0.3, -0.25) is 19.2 Å². The second-order valence-corrected chi connectivity index (χ2v) is 20.0. The van der Waals surface area contributed by atoms with Crippen molar-refractivity contribution in [2.75, 3.05) is 32.9 Å². The largest absolute Gasteiger partial charge is 0.369 e. The van der Waals surface area contributed by atoms with Crippen molar-refractivity contribution < 1.29 is 14.4 Å². The number of rotatable bonds is 9. The van der Waals surface area contributed by atoms with Gasteiger partial charge in [0.1, 0.15) is 21.2 Å². The Bertz CT molecular complexity index is 2300. The third kappa shape index (κ3) is 14.1. The Morgan fingerprint density at radius 3 is 2.07 bits per heavy atom. The normalized spacial score (nSPS) is 11.2. The summed E-state index contributed by atoms with van der Waals surface area (Å²) in [6.45, 7) is 11.2. The topological polar surface area (TPSA) is 199 Å². The molecule has 0 fully saturated rings. The molecule has 5 aromatic heterocycles. The zero-order valence-electron chi connectivity index (χ0n) is 32.0. The molecule has 0 atom stereocenters. The van der Waals surface area contributed by atoms with Gasteiger partial charge in [-0.15, -0.1) is 34.0 Å². The van der Waals surface area contributed by atoms with Crippen molar-refractivity contribution in [3.05, 3.63) is 43.6 Å². The fraction of sp³-hybridized carbons (Fsp3) is 0.429. The van der Waals surface area contributed by atoms with E-state index in [1.165, 1.54) is 69.9 Å². The number of Topliss-reactive ketones (excluding diaryl/α,β-unsaturated/α-hetero) is 1. The smallest absolute Gasteiger partial charge is 0.257 e. The van der Waals surface area contributed by atoms with Gasteiger partial charge in [-0.05, 0) is 60.3 Å². The Kier molecular flexibility index (Phi) is 18.4. The monoisotopic (exact) mass is 896 g/mol. The molecule has 0 aliphatic carbocycles. The van der Waals surface area contributed by atoms with Crippen LogP contribution in [0.5, 0.6) is 0 Å². The standard InChI is InChI=1S/C14H22N4O2S2.C12H15N3O2S2.C8H4ClN3S2.CH4/c1-14(2,3)17-10(20)7-9(19)11-12(15-8-18(4)5)16-13(21-6)22-11;1-12(2,3)15-10(17)6-5-13-9-8(7(6)16)19-11(14-9)18-4;1-13-8-12-7-6(14-8)5(9)4(2-10)3-11-7;/h8H,7H2,1-6H3,(H,17,20);5H,1-4H3,(H,13,16)(H,15,17);3H,1H3;1H4. The van der Waals surface area contributed by atoms with Crippen LogP contribution in [-0.2, 0) is 4.79 Å². The van der Waals surface area contributed by atoms with Crippen molar-refractivity contribution >= 4 is 131 Å². The van der Waals surface area contributed by atoms with E-state index in [-0.39, 0.29) is 53.5 Å². The lowest BCUT2D eigenvalue weighted by Gasteiger charge is -2.20. The van der Waals surface area contributed by atoms with Gasteiger partial charge >= 0.3 is 0 Å². The number of aliphatic imine (C=N–C) groups is 1. The number of fused-ring (bicyclic) bond motifs is 2. The molecule has 0 saturated heterocycles. The number of amides is 2. The Labute approximate surface area is 356 Å². The number of nitriles is 1. The minimum atomic E-state index is -0.378. The highest BCUT2D eigenvalue weighted by atomic mass is 35.5. The third-order valence-corrected chi connectivity index (χ3v) is 12.9. The number of thioether (sulfide) groups is 3. The van der Waals surface area contributed by atoms with Crippen molar-refractivity contribution in [2.45, 2.75) is 79.5 Å². The van der Waals surface area contributed by atoms with Crippen LogP contribution in [0.25, 0.3) is 20.7 Å². The molecule has 0 aliphatic rings. The van der Waals surface area contributed by atoms with E-state index in [1.54, 1.807) is 23.0 Å². The van der Waals surface area contributed by atoms with Crippen LogP contribution in [0.4, 0.5) is 5.82 Å². The summed E-state index contributed by atoms with van der Waals surface area (Å²) >= 11 is 14.5. The van der Waals surface area contributed by atoms with Crippen LogP contribution in [-0.4, -0.2) is 97.7 Å². The molecule has 302 valence electrons. The number of nitrogens with zero attached hydrogens (tertiary/aromatic N) is 7. The van der Waals surface area contributed by atoms with Crippen LogP contribution in [0.1, 0.15) is 81.0 Å². The van der Waals surface area contributed by atoms with Gasteiger partial charge in [0.05, 0.1) is 28.0 Å². The highest BCUT2D eigenvalue weighted by Gasteiger charge is 2.23. The second kappa shape index (κ2) is 21.3. The van der Waals surface area contributed by atoms with Crippen LogP contribution in [0.3, 0.4) is 0 Å². The molecule has 0 aromatic carbocycles.